The highest BCUT2D eigenvalue weighted by molar-refractivity contribution is 5.31. The van der Waals surface area contributed by atoms with Gasteiger partial charge < -0.3 is 4.90 Å². The summed E-state index contributed by atoms with van der Waals surface area (Å²) < 4.78 is 0. The molecule has 102 valence electrons. The molecule has 0 atom stereocenters. The Morgan fingerprint density at radius 1 is 0.737 bits per heavy atom. The highest BCUT2D eigenvalue weighted by Gasteiger charge is 2.10. The lowest BCUT2D eigenvalue weighted by atomic mass is 9.89. The van der Waals surface area contributed by atoms with Crippen molar-refractivity contribution in [3.05, 3.63) is 71.8 Å². The first-order valence-corrected chi connectivity index (χ1v) is 6.86. The minimum atomic E-state index is 0.535. The number of benzene rings is 2. The SMILES string of the molecule is CCC(c1ccccc1)c1ccccc1.CN(C)C. The summed E-state index contributed by atoms with van der Waals surface area (Å²) in [5.41, 5.74) is 2.82. The van der Waals surface area contributed by atoms with Gasteiger partial charge in [-0.15, -0.1) is 0 Å². The van der Waals surface area contributed by atoms with E-state index < -0.39 is 0 Å². The van der Waals surface area contributed by atoms with Crippen LogP contribution in [0.15, 0.2) is 60.7 Å². The second kappa shape index (κ2) is 8.49. The van der Waals surface area contributed by atoms with Crippen LogP contribution in [-0.4, -0.2) is 26.0 Å². The summed E-state index contributed by atoms with van der Waals surface area (Å²) in [6.45, 7) is 2.24. The highest BCUT2D eigenvalue weighted by atomic mass is 15.0. The first-order valence-electron chi connectivity index (χ1n) is 6.86. The van der Waals surface area contributed by atoms with Gasteiger partial charge in [0.25, 0.3) is 0 Å². The van der Waals surface area contributed by atoms with Gasteiger partial charge in [0.15, 0.2) is 0 Å². The highest BCUT2D eigenvalue weighted by Crippen LogP contribution is 2.26. The van der Waals surface area contributed by atoms with E-state index in [2.05, 4.69) is 67.6 Å². The predicted molar refractivity (Wildman–Crippen MR) is 84.6 cm³/mol. The number of nitrogens with zero attached hydrogens (tertiary/aromatic N) is 1. The van der Waals surface area contributed by atoms with Crippen LogP contribution in [0.2, 0.25) is 0 Å². The van der Waals surface area contributed by atoms with Crippen LogP contribution < -0.4 is 0 Å². The van der Waals surface area contributed by atoms with Gasteiger partial charge in [-0.25, -0.2) is 0 Å². The molecule has 0 aliphatic rings. The van der Waals surface area contributed by atoms with Crippen LogP contribution >= 0.6 is 0 Å². The second-order valence-electron chi connectivity index (χ2n) is 5.12. The molecule has 0 aliphatic heterocycles. The fourth-order valence-electron chi connectivity index (χ4n) is 2.03. The van der Waals surface area contributed by atoms with Gasteiger partial charge in [0.1, 0.15) is 0 Å². The molecule has 0 saturated heterocycles. The molecule has 2 aromatic carbocycles. The summed E-state index contributed by atoms with van der Waals surface area (Å²) in [7, 11) is 6.00. The van der Waals surface area contributed by atoms with Crippen LogP contribution in [0.1, 0.15) is 30.4 Å². The molecule has 1 heteroatoms. The lowest BCUT2D eigenvalue weighted by Crippen LogP contribution is -1.99. The summed E-state index contributed by atoms with van der Waals surface area (Å²) in [5.74, 6) is 0.535. The molecule has 0 radical (unpaired) electrons. The molecule has 0 N–H and O–H groups in total. The summed E-state index contributed by atoms with van der Waals surface area (Å²) in [4.78, 5) is 2.00. The average molecular weight is 255 g/mol. The molecule has 0 bridgehead atoms. The second-order valence-corrected chi connectivity index (χ2v) is 5.12. The third-order valence-corrected chi connectivity index (χ3v) is 2.81. The zero-order chi connectivity index (χ0) is 14.1. The van der Waals surface area contributed by atoms with E-state index in [1.807, 2.05) is 26.0 Å². The molecule has 1 nitrogen and oxygen atoms in total. The monoisotopic (exact) mass is 255 g/mol. The first-order chi connectivity index (χ1) is 9.15. The molecule has 0 fully saturated rings. The van der Waals surface area contributed by atoms with Crippen LogP contribution in [0, 0.1) is 0 Å². The fraction of sp³-hybridized carbons (Fsp3) is 0.333. The van der Waals surface area contributed by atoms with E-state index in [0.717, 1.165) is 6.42 Å². The molecular weight excluding hydrogens is 230 g/mol. The summed E-state index contributed by atoms with van der Waals surface area (Å²) in [5, 5.41) is 0. The Balaban J connectivity index is 0.000000399. The van der Waals surface area contributed by atoms with Crippen molar-refractivity contribution in [3.8, 4) is 0 Å². The zero-order valence-corrected chi connectivity index (χ0v) is 12.5. The van der Waals surface area contributed by atoms with Crippen LogP contribution in [0.5, 0.6) is 0 Å². The van der Waals surface area contributed by atoms with Crippen molar-refractivity contribution < 1.29 is 0 Å². The van der Waals surface area contributed by atoms with E-state index in [0.29, 0.717) is 5.92 Å². The maximum Gasteiger partial charge on any atom is 0.00867 e. The van der Waals surface area contributed by atoms with Crippen molar-refractivity contribution in [1.82, 2.24) is 4.90 Å². The number of hydrogen-bond acceptors (Lipinski definition) is 1. The molecule has 0 saturated carbocycles. The van der Waals surface area contributed by atoms with Crippen LogP contribution in [0.3, 0.4) is 0 Å². The van der Waals surface area contributed by atoms with Crippen LogP contribution in [-0.2, 0) is 0 Å². The van der Waals surface area contributed by atoms with Gasteiger partial charge in [-0.05, 0) is 38.7 Å². The molecule has 0 amide bonds. The molecule has 2 aromatic rings. The lowest BCUT2D eigenvalue weighted by Gasteiger charge is -2.15. The molecule has 0 heterocycles. The van der Waals surface area contributed by atoms with Gasteiger partial charge in [0, 0.05) is 5.92 Å². The standard InChI is InChI=1S/C15H16.C3H9N/c1-2-15(13-9-5-3-6-10-13)14-11-7-4-8-12-14;1-4(2)3/h3-12,15H,2H2,1H3;1-3H3. The van der Waals surface area contributed by atoms with Crippen molar-refractivity contribution in [1.29, 1.82) is 0 Å². The fourth-order valence-corrected chi connectivity index (χ4v) is 2.03. The Labute approximate surface area is 117 Å². The van der Waals surface area contributed by atoms with Crippen molar-refractivity contribution in [3.63, 3.8) is 0 Å². The topological polar surface area (TPSA) is 3.24 Å². The lowest BCUT2D eigenvalue weighted by molar-refractivity contribution is 0.505. The maximum absolute atomic E-state index is 2.24. The smallest absolute Gasteiger partial charge is 0.00867 e. The Morgan fingerprint density at radius 2 is 1.05 bits per heavy atom. The summed E-state index contributed by atoms with van der Waals surface area (Å²) in [6.07, 6.45) is 1.15. The van der Waals surface area contributed by atoms with E-state index in [1.54, 1.807) is 0 Å². The van der Waals surface area contributed by atoms with Gasteiger partial charge in [-0.3, -0.25) is 0 Å². The molecule has 0 spiro atoms. The van der Waals surface area contributed by atoms with E-state index in [1.165, 1.54) is 11.1 Å². The summed E-state index contributed by atoms with van der Waals surface area (Å²) in [6, 6.07) is 21.4. The predicted octanol–water partition coefficient (Wildman–Crippen LogP) is 4.41. The maximum atomic E-state index is 2.24. The van der Waals surface area contributed by atoms with Crippen LogP contribution in [0.4, 0.5) is 0 Å². The molecule has 2 rings (SSSR count). The number of rotatable bonds is 3. The average Bonchev–Trinajstić information content (AvgIpc) is 2.41. The van der Waals surface area contributed by atoms with Crippen molar-refractivity contribution >= 4 is 0 Å². The first kappa shape index (κ1) is 15.5. The van der Waals surface area contributed by atoms with E-state index in [9.17, 15) is 0 Å². The Morgan fingerprint density at radius 3 is 1.32 bits per heavy atom. The van der Waals surface area contributed by atoms with Crippen molar-refractivity contribution in [2.75, 3.05) is 21.1 Å². The van der Waals surface area contributed by atoms with Gasteiger partial charge in [-0.2, -0.15) is 0 Å². The number of hydrogen-bond donors (Lipinski definition) is 0. The quantitative estimate of drug-likeness (QED) is 0.785. The third kappa shape index (κ3) is 5.71. The molecule has 19 heavy (non-hydrogen) atoms. The van der Waals surface area contributed by atoms with Crippen molar-refractivity contribution in [2.24, 2.45) is 0 Å². The summed E-state index contributed by atoms with van der Waals surface area (Å²) >= 11 is 0. The zero-order valence-electron chi connectivity index (χ0n) is 12.5. The molecule has 0 aliphatic carbocycles. The Kier molecular flexibility index (Phi) is 6.91. The van der Waals surface area contributed by atoms with Gasteiger partial charge in [-0.1, -0.05) is 67.6 Å². The van der Waals surface area contributed by atoms with Gasteiger partial charge >= 0.3 is 0 Å². The largest absolute Gasteiger partial charge is 0.312 e. The van der Waals surface area contributed by atoms with E-state index in [-0.39, 0.29) is 0 Å². The molecule has 0 aromatic heterocycles. The third-order valence-electron chi connectivity index (χ3n) is 2.81. The van der Waals surface area contributed by atoms with Gasteiger partial charge in [0.05, 0.1) is 0 Å². The normalized spacial score (nSPS) is 10.2. The minimum Gasteiger partial charge on any atom is -0.312 e. The Bertz CT molecular complexity index is 392. The molecular formula is C18H25N. The van der Waals surface area contributed by atoms with Crippen LogP contribution in [0.25, 0.3) is 0 Å². The Hall–Kier alpha value is -1.60. The van der Waals surface area contributed by atoms with E-state index >= 15 is 0 Å². The van der Waals surface area contributed by atoms with Crippen molar-refractivity contribution in [2.45, 2.75) is 19.3 Å². The minimum absolute atomic E-state index is 0.535. The molecule has 0 unspecified atom stereocenters. The van der Waals surface area contributed by atoms with Gasteiger partial charge in [0.2, 0.25) is 0 Å². The van der Waals surface area contributed by atoms with E-state index in [4.69, 9.17) is 0 Å².